The number of unbranched alkanes of at least 4 members (excludes halogenated alkanes) is 12. The lowest BCUT2D eigenvalue weighted by molar-refractivity contribution is 0.250. The molecule has 3 nitrogen and oxygen atoms in total. The minimum absolute atomic E-state index is 0.0259. The van der Waals surface area contributed by atoms with Gasteiger partial charge in [0.15, 0.2) is 5.82 Å². The smallest absolute Gasteiger partial charge is 0.232 e. The van der Waals surface area contributed by atoms with Gasteiger partial charge in [-0.05, 0) is 25.7 Å². The molecule has 0 aliphatic carbocycles. The Balaban J connectivity index is 2.98. The maximum Gasteiger partial charge on any atom is 0.232 e. The van der Waals surface area contributed by atoms with Crippen LogP contribution in [0.5, 0.6) is 0 Å². The molecule has 1 aromatic rings. The van der Waals surface area contributed by atoms with Gasteiger partial charge in [-0.3, -0.25) is 0 Å². The van der Waals surface area contributed by atoms with E-state index in [4.69, 9.17) is 9.51 Å². The van der Waals surface area contributed by atoms with Crippen molar-refractivity contribution < 1.29 is 4.52 Å². The van der Waals surface area contributed by atoms with Crippen molar-refractivity contribution in [2.75, 3.05) is 0 Å². The van der Waals surface area contributed by atoms with E-state index in [1.165, 1.54) is 128 Å². The minimum atomic E-state index is 0.0259. The van der Waals surface area contributed by atoms with Gasteiger partial charge in [0.05, 0.1) is 0 Å². The molecule has 1 rings (SSSR count). The minimum Gasteiger partial charge on any atom is -0.339 e. The van der Waals surface area contributed by atoms with Crippen molar-refractivity contribution in [3.8, 4) is 0 Å². The van der Waals surface area contributed by atoms with Crippen LogP contribution in [0, 0.1) is 0 Å². The second kappa shape index (κ2) is 17.6. The van der Waals surface area contributed by atoms with Crippen molar-refractivity contribution in [2.24, 2.45) is 0 Å². The van der Waals surface area contributed by atoms with E-state index in [0.29, 0.717) is 0 Å². The van der Waals surface area contributed by atoms with Gasteiger partial charge in [-0.2, -0.15) is 4.98 Å². The van der Waals surface area contributed by atoms with E-state index in [9.17, 15) is 0 Å². The van der Waals surface area contributed by atoms with Gasteiger partial charge in [-0.15, -0.1) is 0 Å². The summed E-state index contributed by atoms with van der Waals surface area (Å²) in [6, 6.07) is 0. The lowest BCUT2D eigenvalue weighted by atomic mass is 9.78. The SMILES string of the molecule is CCCCCCC(C)(CCCCCC)c1noc(C(C)(CCCCCC)CCCCCC)n1. The number of rotatable bonds is 22. The van der Waals surface area contributed by atoms with Crippen molar-refractivity contribution in [3.63, 3.8) is 0 Å². The Hall–Kier alpha value is -0.860. The molecule has 0 aliphatic heterocycles. The van der Waals surface area contributed by atoms with Crippen LogP contribution in [0.1, 0.15) is 182 Å². The van der Waals surface area contributed by atoms with Gasteiger partial charge in [0.25, 0.3) is 0 Å². The molecule has 1 aromatic heterocycles. The summed E-state index contributed by atoms with van der Waals surface area (Å²) in [6.07, 6.45) is 25.5. The Morgan fingerprint density at radius 3 is 1.24 bits per heavy atom. The summed E-state index contributed by atoms with van der Waals surface area (Å²) in [4.78, 5) is 5.17. The monoisotopic (exact) mass is 462 g/mol. The van der Waals surface area contributed by atoms with Crippen molar-refractivity contribution in [1.29, 1.82) is 0 Å². The molecule has 0 fully saturated rings. The van der Waals surface area contributed by atoms with Crippen LogP contribution in [0.15, 0.2) is 4.52 Å². The van der Waals surface area contributed by atoms with Crippen LogP contribution in [0.4, 0.5) is 0 Å². The molecule has 1 heterocycles. The Bertz CT molecular complexity index is 507. The molecule has 0 atom stereocenters. The standard InChI is InChI=1S/C30H58N2O/c1-7-11-15-19-23-29(5,24-20-16-12-8-2)27-31-28(33-32-27)30(6,25-21-17-13-9-3)26-22-18-14-10-4/h7-26H2,1-6H3. The van der Waals surface area contributed by atoms with E-state index in [2.05, 4.69) is 46.7 Å². The summed E-state index contributed by atoms with van der Waals surface area (Å²) < 4.78 is 6.08. The fourth-order valence-corrected chi connectivity index (χ4v) is 5.17. The first-order valence-corrected chi connectivity index (χ1v) is 14.8. The van der Waals surface area contributed by atoms with E-state index < -0.39 is 0 Å². The Morgan fingerprint density at radius 2 is 0.879 bits per heavy atom. The van der Waals surface area contributed by atoms with Crippen LogP contribution < -0.4 is 0 Å². The molecule has 194 valence electrons. The first kappa shape index (κ1) is 30.2. The zero-order chi connectivity index (χ0) is 24.4. The highest BCUT2D eigenvalue weighted by atomic mass is 16.5. The van der Waals surface area contributed by atoms with Gasteiger partial charge in [0.2, 0.25) is 5.89 Å². The molecule has 0 aromatic carbocycles. The fourth-order valence-electron chi connectivity index (χ4n) is 5.17. The molecule has 0 unspecified atom stereocenters. The lowest BCUT2D eigenvalue weighted by Crippen LogP contribution is -2.26. The van der Waals surface area contributed by atoms with E-state index in [-0.39, 0.29) is 10.8 Å². The molecule has 0 bridgehead atoms. The zero-order valence-corrected chi connectivity index (χ0v) is 23.4. The van der Waals surface area contributed by atoms with Crippen molar-refractivity contribution in [3.05, 3.63) is 11.7 Å². The van der Waals surface area contributed by atoms with Gasteiger partial charge >= 0.3 is 0 Å². The van der Waals surface area contributed by atoms with Crippen molar-refractivity contribution >= 4 is 0 Å². The number of hydrogen-bond acceptors (Lipinski definition) is 3. The van der Waals surface area contributed by atoms with E-state index in [0.717, 1.165) is 11.7 Å². The molecule has 3 heteroatoms. The normalized spacial score (nSPS) is 12.5. The highest BCUT2D eigenvalue weighted by Gasteiger charge is 2.36. The number of aromatic nitrogens is 2. The maximum absolute atomic E-state index is 6.08. The largest absolute Gasteiger partial charge is 0.339 e. The third-order valence-electron chi connectivity index (χ3n) is 7.81. The van der Waals surface area contributed by atoms with Gasteiger partial charge in [-0.25, -0.2) is 0 Å². The predicted molar refractivity (Wildman–Crippen MR) is 144 cm³/mol. The Morgan fingerprint density at radius 1 is 0.515 bits per heavy atom. The fraction of sp³-hybridized carbons (Fsp3) is 0.933. The van der Waals surface area contributed by atoms with Crippen LogP contribution in [0.2, 0.25) is 0 Å². The van der Waals surface area contributed by atoms with Gasteiger partial charge < -0.3 is 4.52 Å². The molecule has 33 heavy (non-hydrogen) atoms. The average Bonchev–Trinajstić information content (AvgIpc) is 3.32. The van der Waals surface area contributed by atoms with Crippen LogP contribution >= 0.6 is 0 Å². The maximum atomic E-state index is 6.08. The molecular weight excluding hydrogens is 404 g/mol. The van der Waals surface area contributed by atoms with Crippen LogP contribution in [0.25, 0.3) is 0 Å². The summed E-state index contributed by atoms with van der Waals surface area (Å²) in [5.74, 6) is 1.90. The molecule has 0 saturated carbocycles. The van der Waals surface area contributed by atoms with Crippen LogP contribution in [-0.4, -0.2) is 10.1 Å². The van der Waals surface area contributed by atoms with Crippen molar-refractivity contribution in [2.45, 2.75) is 181 Å². The third kappa shape index (κ3) is 11.4. The Kier molecular flexibility index (Phi) is 16.1. The second-order valence-corrected chi connectivity index (χ2v) is 11.3. The first-order chi connectivity index (χ1) is 16.0. The highest BCUT2D eigenvalue weighted by molar-refractivity contribution is 5.10. The second-order valence-electron chi connectivity index (χ2n) is 11.3. The predicted octanol–water partition coefficient (Wildman–Crippen LogP) is 10.5. The van der Waals surface area contributed by atoms with E-state index in [1.54, 1.807) is 0 Å². The van der Waals surface area contributed by atoms with Gasteiger partial charge in [-0.1, -0.05) is 149 Å². The van der Waals surface area contributed by atoms with E-state index >= 15 is 0 Å². The quantitative estimate of drug-likeness (QED) is 0.161. The summed E-state index contributed by atoms with van der Waals surface area (Å²) in [5.41, 5.74) is 0.0760. The zero-order valence-electron chi connectivity index (χ0n) is 23.4. The molecule has 0 aliphatic rings. The van der Waals surface area contributed by atoms with E-state index in [1.807, 2.05) is 0 Å². The third-order valence-corrected chi connectivity index (χ3v) is 7.81. The highest BCUT2D eigenvalue weighted by Crippen LogP contribution is 2.38. The molecule has 0 amide bonds. The summed E-state index contributed by atoms with van der Waals surface area (Å²) in [7, 11) is 0. The van der Waals surface area contributed by atoms with Crippen LogP contribution in [-0.2, 0) is 10.8 Å². The van der Waals surface area contributed by atoms with Gasteiger partial charge in [0.1, 0.15) is 0 Å². The summed E-state index contributed by atoms with van der Waals surface area (Å²) in [5, 5.41) is 4.65. The average molecular weight is 463 g/mol. The molecular formula is C30H58N2O. The molecule has 0 N–H and O–H groups in total. The summed E-state index contributed by atoms with van der Waals surface area (Å²) >= 11 is 0. The lowest BCUT2D eigenvalue weighted by Gasteiger charge is -2.27. The number of hydrogen-bond donors (Lipinski definition) is 0. The van der Waals surface area contributed by atoms with Crippen LogP contribution in [0.3, 0.4) is 0 Å². The topological polar surface area (TPSA) is 38.9 Å². The molecule has 0 spiro atoms. The summed E-state index contributed by atoms with van der Waals surface area (Å²) in [6.45, 7) is 13.9. The van der Waals surface area contributed by atoms with Gasteiger partial charge in [0, 0.05) is 10.8 Å². The molecule has 0 saturated heterocycles. The Labute approximate surface area is 207 Å². The first-order valence-electron chi connectivity index (χ1n) is 14.8. The number of nitrogens with zero attached hydrogens (tertiary/aromatic N) is 2. The van der Waals surface area contributed by atoms with Crippen molar-refractivity contribution in [1.82, 2.24) is 10.1 Å². The molecule has 0 radical (unpaired) electrons.